The van der Waals surface area contributed by atoms with Gasteiger partial charge >= 0.3 is 0 Å². The van der Waals surface area contributed by atoms with Gasteiger partial charge in [0, 0.05) is 12.1 Å². The lowest BCUT2D eigenvalue weighted by molar-refractivity contribution is 0.530. The van der Waals surface area contributed by atoms with E-state index in [1.165, 1.54) is 12.1 Å². The van der Waals surface area contributed by atoms with Gasteiger partial charge in [-0.15, -0.1) is 0 Å². The second-order valence-corrected chi connectivity index (χ2v) is 7.88. The Bertz CT molecular complexity index is 601. The minimum absolute atomic E-state index is 0.0123. The van der Waals surface area contributed by atoms with E-state index < -0.39 is 10.0 Å². The Morgan fingerprint density at radius 3 is 2.62 bits per heavy atom. The molecule has 0 amide bonds. The molecule has 1 aromatic carbocycles. The molecule has 0 atom stereocenters. The van der Waals surface area contributed by atoms with E-state index in [2.05, 4.69) is 18.6 Å². The van der Waals surface area contributed by atoms with Crippen molar-refractivity contribution in [3.63, 3.8) is 0 Å². The molecule has 0 saturated carbocycles. The Morgan fingerprint density at radius 1 is 1.38 bits per heavy atom. The molecule has 0 aliphatic heterocycles. The van der Waals surface area contributed by atoms with Gasteiger partial charge < -0.3 is 5.73 Å². The van der Waals surface area contributed by atoms with Gasteiger partial charge in [0.05, 0.1) is 5.02 Å². The number of thiocarbonyl (C=S) groups is 1. The summed E-state index contributed by atoms with van der Waals surface area (Å²) >= 11 is 10.8. The molecule has 21 heavy (non-hydrogen) atoms. The first-order chi connectivity index (χ1) is 9.74. The Morgan fingerprint density at radius 2 is 2.05 bits per heavy atom. The van der Waals surface area contributed by atoms with Crippen molar-refractivity contribution >= 4 is 38.8 Å². The topological polar surface area (TPSA) is 72.2 Å². The fourth-order valence-corrected chi connectivity index (χ4v) is 3.55. The van der Waals surface area contributed by atoms with Crippen LogP contribution in [0.15, 0.2) is 23.1 Å². The molecular weight excluding hydrogens is 328 g/mol. The van der Waals surface area contributed by atoms with E-state index in [1.54, 1.807) is 6.07 Å². The van der Waals surface area contributed by atoms with Crippen molar-refractivity contribution < 1.29 is 8.42 Å². The molecule has 0 aromatic heterocycles. The van der Waals surface area contributed by atoms with E-state index in [0.29, 0.717) is 18.0 Å². The number of nitrogens with one attached hydrogen (secondary N) is 1. The summed E-state index contributed by atoms with van der Waals surface area (Å²) in [5.74, 6) is 0.623. The lowest BCUT2D eigenvalue weighted by atomic mass is 10.1. The number of hydrogen-bond donors (Lipinski definition) is 2. The summed E-state index contributed by atoms with van der Waals surface area (Å²) in [5.41, 5.74) is 6.00. The highest BCUT2D eigenvalue weighted by Crippen LogP contribution is 2.22. The van der Waals surface area contributed by atoms with Gasteiger partial charge in [0.2, 0.25) is 10.0 Å². The lowest BCUT2D eigenvalue weighted by Gasteiger charge is -2.10. The summed E-state index contributed by atoms with van der Waals surface area (Å²) < 4.78 is 27.1. The molecule has 0 spiro atoms. The molecule has 118 valence electrons. The Hall–Kier alpha value is -0.690. The zero-order chi connectivity index (χ0) is 16.0. The maximum Gasteiger partial charge on any atom is 0.242 e. The highest BCUT2D eigenvalue weighted by atomic mass is 35.5. The van der Waals surface area contributed by atoms with Gasteiger partial charge in [0.15, 0.2) is 0 Å². The minimum atomic E-state index is -3.64. The molecule has 3 N–H and O–H groups in total. The molecule has 4 nitrogen and oxygen atoms in total. The maximum absolute atomic E-state index is 12.2. The van der Waals surface area contributed by atoms with Gasteiger partial charge in [0.25, 0.3) is 0 Å². The second kappa shape index (κ2) is 8.08. The average Bonchev–Trinajstić information content (AvgIpc) is 2.37. The third-order valence-corrected chi connectivity index (χ3v) is 5.18. The van der Waals surface area contributed by atoms with E-state index in [9.17, 15) is 8.42 Å². The molecule has 0 heterocycles. The van der Waals surface area contributed by atoms with Gasteiger partial charge in [-0.1, -0.05) is 56.6 Å². The van der Waals surface area contributed by atoms with Crippen LogP contribution in [-0.2, 0) is 10.0 Å². The molecule has 1 aromatic rings. The van der Waals surface area contributed by atoms with Crippen LogP contribution in [0, 0.1) is 5.92 Å². The Balaban J connectivity index is 2.74. The summed E-state index contributed by atoms with van der Waals surface area (Å²) in [4.78, 5) is 0.151. The van der Waals surface area contributed by atoms with Crippen LogP contribution >= 0.6 is 23.8 Å². The van der Waals surface area contributed by atoms with Crippen LogP contribution in [0.1, 0.15) is 38.7 Å². The third kappa shape index (κ3) is 5.90. The number of benzene rings is 1. The third-order valence-electron chi connectivity index (χ3n) is 3.01. The largest absolute Gasteiger partial charge is 0.389 e. The highest BCUT2D eigenvalue weighted by molar-refractivity contribution is 7.89. The van der Waals surface area contributed by atoms with Crippen molar-refractivity contribution in [2.75, 3.05) is 6.54 Å². The predicted molar refractivity (Wildman–Crippen MR) is 91.2 cm³/mol. The SMILES string of the molecule is CC(C)CCCCNS(=O)(=O)c1cc(C(N)=S)ccc1Cl. The number of rotatable bonds is 8. The van der Waals surface area contributed by atoms with E-state index in [1.807, 2.05) is 0 Å². The monoisotopic (exact) mass is 348 g/mol. The van der Waals surface area contributed by atoms with Gasteiger partial charge in [-0.25, -0.2) is 13.1 Å². The maximum atomic E-state index is 12.2. The van der Waals surface area contributed by atoms with Crippen molar-refractivity contribution in [2.24, 2.45) is 11.7 Å². The smallest absolute Gasteiger partial charge is 0.242 e. The fourth-order valence-electron chi connectivity index (χ4n) is 1.82. The van der Waals surface area contributed by atoms with Gasteiger partial charge in [-0.3, -0.25) is 0 Å². The molecule has 0 fully saturated rings. The van der Waals surface area contributed by atoms with Crippen LogP contribution in [0.2, 0.25) is 5.02 Å². The predicted octanol–water partition coefficient (Wildman–Crippen LogP) is 3.08. The van der Waals surface area contributed by atoms with E-state index in [-0.39, 0.29) is 14.9 Å². The molecule has 1 rings (SSSR count). The quantitative estimate of drug-likeness (QED) is 0.559. The molecule has 7 heteroatoms. The van der Waals surface area contributed by atoms with Gasteiger partial charge in [0.1, 0.15) is 9.88 Å². The molecule has 0 unspecified atom stereocenters. The van der Waals surface area contributed by atoms with E-state index in [0.717, 1.165) is 19.3 Å². The minimum Gasteiger partial charge on any atom is -0.389 e. The van der Waals surface area contributed by atoms with Crippen molar-refractivity contribution in [1.82, 2.24) is 4.72 Å². The van der Waals surface area contributed by atoms with Crippen molar-refractivity contribution in [1.29, 1.82) is 0 Å². The number of unbranched alkanes of at least 4 members (excludes halogenated alkanes) is 1. The summed E-state index contributed by atoms with van der Waals surface area (Å²) in [6.07, 6.45) is 2.87. The summed E-state index contributed by atoms with van der Waals surface area (Å²) in [6, 6.07) is 4.50. The number of nitrogens with two attached hydrogens (primary N) is 1. The van der Waals surface area contributed by atoms with Crippen LogP contribution in [0.4, 0.5) is 0 Å². The molecule has 0 aliphatic carbocycles. The van der Waals surface area contributed by atoms with E-state index in [4.69, 9.17) is 29.6 Å². The van der Waals surface area contributed by atoms with Crippen LogP contribution in [0.3, 0.4) is 0 Å². The standard InChI is InChI=1S/C14H21ClN2O2S2/c1-10(2)5-3-4-8-17-21(18,19)13-9-11(14(16)20)6-7-12(13)15/h6-7,9-10,17H,3-5,8H2,1-2H3,(H2,16,20). The molecule has 0 saturated heterocycles. The lowest BCUT2D eigenvalue weighted by Crippen LogP contribution is -2.25. The molecule has 0 radical (unpaired) electrons. The highest BCUT2D eigenvalue weighted by Gasteiger charge is 2.18. The summed E-state index contributed by atoms with van der Waals surface area (Å²) in [6.45, 7) is 4.68. The molecular formula is C14H21ClN2O2S2. The number of hydrogen-bond acceptors (Lipinski definition) is 3. The van der Waals surface area contributed by atoms with Crippen LogP contribution in [-0.4, -0.2) is 20.0 Å². The van der Waals surface area contributed by atoms with Crippen molar-refractivity contribution in [3.8, 4) is 0 Å². The van der Waals surface area contributed by atoms with Gasteiger partial charge in [-0.2, -0.15) is 0 Å². The van der Waals surface area contributed by atoms with Crippen LogP contribution in [0.25, 0.3) is 0 Å². The first-order valence-corrected chi connectivity index (χ1v) is 9.10. The van der Waals surface area contributed by atoms with Crippen molar-refractivity contribution in [2.45, 2.75) is 38.0 Å². The summed E-state index contributed by atoms with van der Waals surface area (Å²) in [5, 5.41) is 0.157. The zero-order valence-corrected chi connectivity index (χ0v) is 14.6. The first-order valence-electron chi connectivity index (χ1n) is 6.83. The molecule has 0 aliphatic rings. The van der Waals surface area contributed by atoms with E-state index >= 15 is 0 Å². The molecule has 0 bridgehead atoms. The Labute approximate surface area is 137 Å². The van der Waals surface area contributed by atoms with Crippen LogP contribution in [0.5, 0.6) is 0 Å². The normalized spacial score (nSPS) is 11.8. The van der Waals surface area contributed by atoms with Crippen LogP contribution < -0.4 is 10.5 Å². The number of sulfonamides is 1. The fraction of sp³-hybridized carbons (Fsp3) is 0.500. The Kier molecular flexibility index (Phi) is 7.06. The second-order valence-electron chi connectivity index (χ2n) is 5.30. The number of halogens is 1. The van der Waals surface area contributed by atoms with Gasteiger partial charge in [-0.05, 0) is 24.5 Å². The van der Waals surface area contributed by atoms with Crippen molar-refractivity contribution in [3.05, 3.63) is 28.8 Å². The summed E-state index contributed by atoms with van der Waals surface area (Å²) in [7, 11) is -3.64. The first kappa shape index (κ1) is 18.4. The average molecular weight is 349 g/mol. The zero-order valence-electron chi connectivity index (χ0n) is 12.2.